The maximum atomic E-state index is 13.8. The first-order chi connectivity index (χ1) is 17.7. The molecule has 0 spiro atoms. The van der Waals surface area contributed by atoms with E-state index in [0.29, 0.717) is 12.1 Å². The minimum atomic E-state index is -5.30. The number of alkyl halides is 6. The number of sulfone groups is 1. The highest BCUT2D eigenvalue weighted by Gasteiger charge is 2.43. The zero-order valence-electron chi connectivity index (χ0n) is 18.6. The second-order valence-electron chi connectivity index (χ2n) is 7.67. The first-order valence-corrected chi connectivity index (χ1v) is 12.8. The lowest BCUT2D eigenvalue weighted by atomic mass is 10.1. The molecule has 4 aromatic rings. The number of thioether (sulfide) groups is 1. The molecule has 15 heteroatoms. The van der Waals surface area contributed by atoms with Gasteiger partial charge in [0.25, 0.3) is 0 Å². The van der Waals surface area contributed by atoms with E-state index >= 15 is 0 Å². The molecular weight excluding hydrogens is 562 g/mol. The Hall–Kier alpha value is -3.72. The number of aliphatic carboxylic acids is 1. The Labute approximate surface area is 214 Å². The molecule has 0 atom stereocenters. The van der Waals surface area contributed by atoms with Crippen LogP contribution in [0.3, 0.4) is 0 Å². The Morgan fingerprint density at radius 1 is 0.974 bits per heavy atom. The van der Waals surface area contributed by atoms with Crippen LogP contribution < -0.4 is 4.74 Å². The number of rotatable bonds is 7. The number of carboxylic acids is 1. The number of carbonyl (C=O) groups is 1. The van der Waals surface area contributed by atoms with Gasteiger partial charge in [0.05, 0.1) is 26.7 Å². The van der Waals surface area contributed by atoms with Gasteiger partial charge in [-0.05, 0) is 42.5 Å². The van der Waals surface area contributed by atoms with E-state index in [4.69, 9.17) is 9.84 Å². The van der Waals surface area contributed by atoms with E-state index in [0.717, 1.165) is 18.3 Å². The van der Waals surface area contributed by atoms with Gasteiger partial charge in [-0.25, -0.2) is 8.42 Å². The molecule has 7 nitrogen and oxygen atoms in total. The van der Waals surface area contributed by atoms with Crippen molar-refractivity contribution < 1.29 is 49.4 Å². The van der Waals surface area contributed by atoms with Crippen molar-refractivity contribution in [3.05, 3.63) is 72.2 Å². The summed E-state index contributed by atoms with van der Waals surface area (Å²) >= 11 is 0.279. The summed E-state index contributed by atoms with van der Waals surface area (Å²) in [6, 6.07) is 6.52. The van der Waals surface area contributed by atoms with Gasteiger partial charge in [-0.3, -0.25) is 9.78 Å². The van der Waals surface area contributed by atoms with Crippen LogP contribution in [0.4, 0.5) is 26.3 Å². The van der Waals surface area contributed by atoms with Gasteiger partial charge in [0.2, 0.25) is 9.84 Å². The minimum absolute atomic E-state index is 0.0323. The summed E-state index contributed by atoms with van der Waals surface area (Å²) < 4.78 is 114. The van der Waals surface area contributed by atoms with Crippen molar-refractivity contribution in [3.63, 3.8) is 0 Å². The van der Waals surface area contributed by atoms with Gasteiger partial charge >= 0.3 is 18.3 Å². The number of pyridine rings is 1. The summed E-state index contributed by atoms with van der Waals surface area (Å²) in [7, 11) is -4.13. The number of hydrogen-bond acceptors (Lipinski definition) is 6. The third kappa shape index (κ3) is 5.57. The lowest BCUT2D eigenvalue weighted by Gasteiger charge is -2.20. The molecule has 2 N–H and O–H groups in total. The van der Waals surface area contributed by atoms with Crippen molar-refractivity contribution in [2.24, 2.45) is 0 Å². The first-order valence-electron chi connectivity index (χ1n) is 10.3. The molecule has 4 rings (SSSR count). The number of ether oxygens (including phenoxy) is 1. The van der Waals surface area contributed by atoms with Crippen LogP contribution in [0, 0.1) is 0 Å². The SMILES string of the molecule is O=C(O)CSc1cc(C(F)(F)F)c(Oc2ccc3[nH]cc(S(=O)(=O)c4ccncc4)c3c2)c(C(F)(F)F)c1. The number of halogens is 6. The van der Waals surface area contributed by atoms with Gasteiger partial charge in [0.15, 0.2) is 5.75 Å². The molecule has 0 saturated heterocycles. The average Bonchev–Trinajstić information content (AvgIpc) is 3.26. The van der Waals surface area contributed by atoms with Crippen molar-refractivity contribution in [2.75, 3.05) is 5.75 Å². The van der Waals surface area contributed by atoms with E-state index in [2.05, 4.69) is 9.97 Å². The molecule has 200 valence electrons. The smallest absolute Gasteiger partial charge is 0.420 e. The van der Waals surface area contributed by atoms with Crippen LogP contribution in [0.1, 0.15) is 11.1 Å². The number of fused-ring (bicyclic) bond motifs is 1. The van der Waals surface area contributed by atoms with Gasteiger partial charge in [-0.1, -0.05) is 0 Å². The number of nitrogens with one attached hydrogen (secondary N) is 1. The Morgan fingerprint density at radius 3 is 2.13 bits per heavy atom. The number of carboxylic acid groups (broad SMARTS) is 1. The molecule has 38 heavy (non-hydrogen) atoms. The number of benzene rings is 2. The molecule has 0 saturated carbocycles. The van der Waals surface area contributed by atoms with Crippen molar-refractivity contribution in [1.29, 1.82) is 0 Å². The largest absolute Gasteiger partial charge is 0.481 e. The van der Waals surface area contributed by atoms with Gasteiger partial charge in [0, 0.05) is 34.4 Å². The van der Waals surface area contributed by atoms with Gasteiger partial charge < -0.3 is 14.8 Å². The topological polar surface area (TPSA) is 109 Å². The number of H-pyrrole nitrogens is 1. The first kappa shape index (κ1) is 27.3. The van der Waals surface area contributed by atoms with E-state index in [9.17, 15) is 39.6 Å². The second-order valence-corrected chi connectivity index (χ2v) is 10.6. The van der Waals surface area contributed by atoms with E-state index in [1.54, 1.807) is 0 Å². The zero-order chi connectivity index (χ0) is 27.9. The maximum Gasteiger partial charge on any atom is 0.420 e. The monoisotopic (exact) mass is 576 g/mol. The van der Waals surface area contributed by atoms with Crippen molar-refractivity contribution >= 4 is 38.5 Å². The highest BCUT2D eigenvalue weighted by molar-refractivity contribution is 8.00. The number of aromatic amines is 1. The minimum Gasteiger partial charge on any atom is -0.481 e. The predicted molar refractivity (Wildman–Crippen MR) is 123 cm³/mol. The molecule has 0 unspecified atom stereocenters. The summed E-state index contributed by atoms with van der Waals surface area (Å²) in [5, 5.41) is 8.73. The lowest BCUT2D eigenvalue weighted by Crippen LogP contribution is -2.14. The molecule has 0 bridgehead atoms. The van der Waals surface area contributed by atoms with Crippen LogP contribution in [-0.4, -0.2) is 35.2 Å². The Balaban J connectivity index is 1.85. The highest BCUT2D eigenvalue weighted by Crippen LogP contribution is 2.48. The molecule has 2 heterocycles. The van der Waals surface area contributed by atoms with Crippen LogP contribution in [-0.2, 0) is 27.0 Å². The van der Waals surface area contributed by atoms with Crippen molar-refractivity contribution in [3.8, 4) is 11.5 Å². The van der Waals surface area contributed by atoms with E-state index in [-0.39, 0.29) is 32.5 Å². The van der Waals surface area contributed by atoms with Crippen molar-refractivity contribution in [1.82, 2.24) is 9.97 Å². The number of hydrogen-bond donors (Lipinski definition) is 2. The van der Waals surface area contributed by atoms with Crippen LogP contribution >= 0.6 is 11.8 Å². The van der Waals surface area contributed by atoms with E-state index in [1.165, 1.54) is 30.6 Å². The zero-order valence-corrected chi connectivity index (χ0v) is 20.2. The second kappa shape index (κ2) is 9.87. The molecule has 2 aromatic carbocycles. The molecular formula is C23H14F6N2O5S2. The van der Waals surface area contributed by atoms with Crippen molar-refractivity contribution in [2.45, 2.75) is 27.0 Å². The fraction of sp³-hybridized carbons (Fsp3) is 0.130. The number of aromatic nitrogens is 2. The summed E-state index contributed by atoms with van der Waals surface area (Å²) in [6.45, 7) is 0. The Kier molecular flexibility index (Phi) is 7.09. The van der Waals surface area contributed by atoms with Gasteiger partial charge in [0.1, 0.15) is 5.75 Å². The predicted octanol–water partition coefficient (Wildman–Crippen LogP) is 6.40. The standard InChI is InChI=1S/C23H14F6N2O5S2/c24-22(25,26)16-8-13(37-11-20(32)33)9-17(23(27,28)29)21(16)36-12-1-2-18-15(7-12)19(10-31-18)38(34,35)14-3-5-30-6-4-14/h1-10,31H,11H2,(H,32,33). The Morgan fingerprint density at radius 2 is 1.58 bits per heavy atom. The molecule has 0 aliphatic heterocycles. The lowest BCUT2D eigenvalue weighted by molar-refractivity contribution is -0.145. The summed E-state index contributed by atoms with van der Waals surface area (Å²) in [6.07, 6.45) is -6.98. The average molecular weight is 576 g/mol. The molecule has 0 aliphatic rings. The molecule has 0 amide bonds. The van der Waals surface area contributed by atoms with E-state index in [1.807, 2.05) is 0 Å². The third-order valence-electron chi connectivity index (χ3n) is 5.12. The molecule has 2 aromatic heterocycles. The third-order valence-corrected chi connectivity index (χ3v) is 7.89. The highest BCUT2D eigenvalue weighted by atomic mass is 32.2. The number of nitrogens with zero attached hydrogens (tertiary/aromatic N) is 1. The van der Waals surface area contributed by atoms with Gasteiger partial charge in [-0.15, -0.1) is 11.8 Å². The van der Waals surface area contributed by atoms with Crippen LogP contribution in [0.15, 0.2) is 75.7 Å². The quantitative estimate of drug-likeness (QED) is 0.194. The van der Waals surface area contributed by atoms with E-state index < -0.39 is 61.4 Å². The summed E-state index contributed by atoms with van der Waals surface area (Å²) in [5.74, 6) is -4.26. The summed E-state index contributed by atoms with van der Waals surface area (Å²) in [4.78, 5) is 16.2. The normalized spacial score (nSPS) is 12.6. The van der Waals surface area contributed by atoms with Crippen LogP contribution in [0.25, 0.3) is 10.9 Å². The fourth-order valence-electron chi connectivity index (χ4n) is 3.48. The van der Waals surface area contributed by atoms with Crippen LogP contribution in [0.2, 0.25) is 0 Å². The molecule has 0 radical (unpaired) electrons. The fourth-order valence-corrected chi connectivity index (χ4v) is 5.58. The molecule has 0 aliphatic carbocycles. The Bertz CT molecular complexity index is 1580. The van der Waals surface area contributed by atoms with Gasteiger partial charge in [-0.2, -0.15) is 26.3 Å². The summed E-state index contributed by atoms with van der Waals surface area (Å²) in [5.41, 5.74) is -3.32. The molecule has 0 fully saturated rings. The van der Waals surface area contributed by atoms with Crippen LogP contribution in [0.5, 0.6) is 11.5 Å². The maximum absolute atomic E-state index is 13.8.